The third-order valence-electron chi connectivity index (χ3n) is 5.29. The lowest BCUT2D eigenvalue weighted by Crippen LogP contribution is -2.39. The molecule has 1 atom stereocenters. The number of rotatable bonds is 8. The van der Waals surface area contributed by atoms with E-state index in [1.165, 1.54) is 16.9 Å². The van der Waals surface area contributed by atoms with Crippen LogP contribution in [0.4, 0.5) is 5.00 Å². The van der Waals surface area contributed by atoms with Crippen LogP contribution in [0.5, 0.6) is 0 Å². The number of carboxylic acid groups (broad SMARTS) is 1. The standard InChI is InChI=1S/C24H31N3O2S/c1-7-8-20(13-21(28)29)23(26)27(18(6)25)24-22(15(3)17(5)30-24)16(4)19-11-9-14(2)10-12-19/h9-12,20,25-26H,4,7-8,13H2,1-3,5-6H3,(H,28,29)/t20-/m0/s1. The molecule has 0 spiro atoms. The van der Waals surface area contributed by atoms with Crippen molar-refractivity contribution in [3.63, 3.8) is 0 Å². The Balaban J connectivity index is 2.58. The van der Waals surface area contributed by atoms with Crippen molar-refractivity contribution in [1.82, 2.24) is 0 Å². The summed E-state index contributed by atoms with van der Waals surface area (Å²) in [6.07, 6.45) is 1.25. The van der Waals surface area contributed by atoms with Crippen molar-refractivity contribution in [3.8, 4) is 0 Å². The molecule has 0 fully saturated rings. The van der Waals surface area contributed by atoms with Crippen LogP contribution in [0.3, 0.4) is 0 Å². The molecule has 0 unspecified atom stereocenters. The average molecular weight is 426 g/mol. The topological polar surface area (TPSA) is 88.2 Å². The van der Waals surface area contributed by atoms with Gasteiger partial charge in [-0.3, -0.25) is 20.5 Å². The highest BCUT2D eigenvalue weighted by molar-refractivity contribution is 7.17. The molecule has 5 nitrogen and oxygen atoms in total. The van der Waals surface area contributed by atoms with Crippen LogP contribution in [0.15, 0.2) is 30.8 Å². The molecule has 0 aliphatic heterocycles. The van der Waals surface area contributed by atoms with Crippen LogP contribution < -0.4 is 4.90 Å². The summed E-state index contributed by atoms with van der Waals surface area (Å²) in [5, 5.41) is 27.3. The van der Waals surface area contributed by atoms with E-state index in [4.69, 9.17) is 10.8 Å². The summed E-state index contributed by atoms with van der Waals surface area (Å²) in [5.41, 5.74) is 5.00. The molecule has 0 saturated heterocycles. The first kappa shape index (κ1) is 23.5. The maximum absolute atomic E-state index is 11.4. The highest BCUT2D eigenvalue weighted by atomic mass is 32.1. The molecule has 6 heteroatoms. The molecule has 1 heterocycles. The van der Waals surface area contributed by atoms with Crippen molar-refractivity contribution in [2.75, 3.05) is 4.90 Å². The average Bonchev–Trinajstić information content (AvgIpc) is 2.95. The quantitative estimate of drug-likeness (QED) is 0.337. The van der Waals surface area contributed by atoms with Crippen LogP contribution in [-0.2, 0) is 4.79 Å². The summed E-state index contributed by atoms with van der Waals surface area (Å²) in [6, 6.07) is 8.15. The molecule has 0 bridgehead atoms. The highest BCUT2D eigenvalue weighted by Gasteiger charge is 2.29. The monoisotopic (exact) mass is 425 g/mol. The van der Waals surface area contributed by atoms with Crippen LogP contribution in [0.25, 0.3) is 5.57 Å². The van der Waals surface area contributed by atoms with Gasteiger partial charge in [0, 0.05) is 16.4 Å². The minimum atomic E-state index is -0.927. The van der Waals surface area contributed by atoms with E-state index >= 15 is 0 Å². The van der Waals surface area contributed by atoms with E-state index in [-0.39, 0.29) is 18.1 Å². The minimum Gasteiger partial charge on any atom is -0.481 e. The van der Waals surface area contributed by atoms with Gasteiger partial charge < -0.3 is 5.11 Å². The molecule has 1 aromatic heterocycles. The Hall–Kier alpha value is -2.73. The number of nitrogens with zero attached hydrogens (tertiary/aromatic N) is 1. The summed E-state index contributed by atoms with van der Waals surface area (Å²) in [4.78, 5) is 14.1. The molecule has 0 saturated carbocycles. The smallest absolute Gasteiger partial charge is 0.304 e. The molecular formula is C24H31N3O2S. The maximum atomic E-state index is 11.4. The van der Waals surface area contributed by atoms with Crippen LogP contribution in [0.1, 0.15) is 60.2 Å². The number of aryl methyl sites for hydroxylation is 2. The van der Waals surface area contributed by atoms with E-state index in [0.717, 1.165) is 38.6 Å². The second-order valence-electron chi connectivity index (χ2n) is 7.70. The summed E-state index contributed by atoms with van der Waals surface area (Å²) in [7, 11) is 0. The lowest BCUT2D eigenvalue weighted by atomic mass is 9.95. The SMILES string of the molecule is C=C(c1ccc(C)cc1)c1c(N(C(C)=N)C(=N)[C@@H](CCC)CC(=O)O)sc(C)c1C. The second kappa shape index (κ2) is 9.85. The van der Waals surface area contributed by atoms with Crippen molar-refractivity contribution >= 4 is 39.6 Å². The Labute approximate surface area is 183 Å². The molecule has 3 N–H and O–H groups in total. The predicted molar refractivity (Wildman–Crippen MR) is 127 cm³/mol. The summed E-state index contributed by atoms with van der Waals surface area (Å²) < 4.78 is 0. The molecule has 2 aromatic rings. The van der Waals surface area contributed by atoms with E-state index in [0.29, 0.717) is 6.42 Å². The van der Waals surface area contributed by atoms with Crippen LogP contribution >= 0.6 is 11.3 Å². The van der Waals surface area contributed by atoms with Gasteiger partial charge >= 0.3 is 5.97 Å². The predicted octanol–water partition coefficient (Wildman–Crippen LogP) is 6.41. The molecule has 0 amide bonds. The number of anilines is 1. The second-order valence-corrected chi connectivity index (χ2v) is 8.90. The Kier molecular flexibility index (Phi) is 7.73. The van der Waals surface area contributed by atoms with Gasteiger partial charge in [-0.05, 0) is 50.8 Å². The third kappa shape index (κ3) is 5.05. The van der Waals surface area contributed by atoms with E-state index in [9.17, 15) is 9.90 Å². The van der Waals surface area contributed by atoms with Crippen LogP contribution in [0.2, 0.25) is 0 Å². The van der Waals surface area contributed by atoms with Crippen molar-refractivity contribution in [2.45, 2.75) is 53.9 Å². The summed E-state index contributed by atoms with van der Waals surface area (Å²) in [6.45, 7) is 14.1. The highest BCUT2D eigenvalue weighted by Crippen LogP contribution is 2.42. The number of hydrogen-bond acceptors (Lipinski definition) is 4. The fraction of sp³-hybridized carbons (Fsp3) is 0.375. The van der Waals surface area contributed by atoms with Gasteiger partial charge in [-0.2, -0.15) is 0 Å². The first-order valence-electron chi connectivity index (χ1n) is 10.1. The summed E-state index contributed by atoms with van der Waals surface area (Å²) in [5.74, 6) is -1.02. The molecule has 160 valence electrons. The Morgan fingerprint density at radius 3 is 2.30 bits per heavy atom. The number of carboxylic acids is 1. The largest absolute Gasteiger partial charge is 0.481 e. The fourth-order valence-corrected chi connectivity index (χ4v) is 4.79. The van der Waals surface area contributed by atoms with Gasteiger partial charge in [0.05, 0.1) is 6.42 Å². The van der Waals surface area contributed by atoms with E-state index in [1.807, 2.05) is 52.0 Å². The molecule has 0 aliphatic rings. The molecule has 0 aliphatic carbocycles. The van der Waals surface area contributed by atoms with E-state index in [2.05, 4.69) is 6.58 Å². The normalized spacial score (nSPS) is 11.8. The first-order chi connectivity index (χ1) is 14.1. The zero-order valence-corrected chi connectivity index (χ0v) is 19.2. The van der Waals surface area contributed by atoms with Crippen molar-refractivity contribution in [3.05, 3.63) is 58.0 Å². The number of thiophene rings is 1. The van der Waals surface area contributed by atoms with Crippen LogP contribution in [0, 0.1) is 37.5 Å². The first-order valence-corrected chi connectivity index (χ1v) is 10.9. The van der Waals surface area contributed by atoms with Gasteiger partial charge in [0.15, 0.2) is 0 Å². The number of hydrogen-bond donors (Lipinski definition) is 3. The fourth-order valence-electron chi connectivity index (χ4n) is 3.54. The molecule has 1 aromatic carbocycles. The van der Waals surface area contributed by atoms with Gasteiger partial charge in [0.25, 0.3) is 0 Å². The van der Waals surface area contributed by atoms with Gasteiger partial charge in [-0.25, -0.2) is 0 Å². The van der Waals surface area contributed by atoms with Gasteiger partial charge in [0.1, 0.15) is 16.7 Å². The van der Waals surface area contributed by atoms with Gasteiger partial charge in [0.2, 0.25) is 0 Å². The lowest BCUT2D eigenvalue weighted by Gasteiger charge is -2.29. The Morgan fingerprint density at radius 1 is 1.20 bits per heavy atom. The van der Waals surface area contributed by atoms with Crippen molar-refractivity contribution in [1.29, 1.82) is 10.8 Å². The zero-order valence-electron chi connectivity index (χ0n) is 18.4. The number of aliphatic carboxylic acids is 1. The minimum absolute atomic E-state index is 0.117. The zero-order chi connectivity index (χ0) is 22.6. The third-order valence-corrected chi connectivity index (χ3v) is 6.49. The van der Waals surface area contributed by atoms with E-state index < -0.39 is 11.9 Å². The summed E-state index contributed by atoms with van der Waals surface area (Å²) >= 11 is 1.52. The lowest BCUT2D eigenvalue weighted by molar-refractivity contribution is -0.137. The van der Waals surface area contributed by atoms with Gasteiger partial charge in [-0.15, -0.1) is 11.3 Å². The van der Waals surface area contributed by atoms with Crippen molar-refractivity contribution < 1.29 is 9.90 Å². The molecule has 0 radical (unpaired) electrons. The van der Waals surface area contributed by atoms with Crippen molar-refractivity contribution in [2.24, 2.45) is 5.92 Å². The number of carbonyl (C=O) groups is 1. The number of nitrogens with one attached hydrogen (secondary N) is 2. The molecule has 30 heavy (non-hydrogen) atoms. The number of amidine groups is 2. The maximum Gasteiger partial charge on any atom is 0.304 e. The number of benzene rings is 1. The molecule has 2 rings (SSSR count). The van der Waals surface area contributed by atoms with Gasteiger partial charge in [-0.1, -0.05) is 49.8 Å². The van der Waals surface area contributed by atoms with Crippen LogP contribution in [-0.4, -0.2) is 22.7 Å². The Morgan fingerprint density at radius 2 is 1.80 bits per heavy atom. The van der Waals surface area contributed by atoms with E-state index in [1.54, 1.807) is 11.8 Å². The Bertz CT molecular complexity index is 973. The molecular weight excluding hydrogens is 394 g/mol.